The molecule has 1 amide bonds. The van der Waals surface area contributed by atoms with Crippen molar-refractivity contribution in [2.45, 2.75) is 51.9 Å². The van der Waals surface area contributed by atoms with Gasteiger partial charge in [-0.05, 0) is 25.2 Å². The van der Waals surface area contributed by atoms with Crippen molar-refractivity contribution in [3.8, 4) is 0 Å². The standard InChI is InChI=1S/C18H28N6O/c1-18(2,3)17-21-15-13(10-20-23(15)4)16(22-17)24-9-5-6-12(11-24)7-8-14(19)25/h10,12H,5-9,11H2,1-4H3,(H2,19,25)/t12-/m0/s1. The van der Waals surface area contributed by atoms with Crippen molar-refractivity contribution < 1.29 is 4.79 Å². The summed E-state index contributed by atoms with van der Waals surface area (Å²) in [6.45, 7) is 8.25. The van der Waals surface area contributed by atoms with Crippen molar-refractivity contribution in [1.29, 1.82) is 0 Å². The van der Waals surface area contributed by atoms with Crippen LogP contribution in [0.25, 0.3) is 11.0 Å². The van der Waals surface area contributed by atoms with E-state index in [-0.39, 0.29) is 11.3 Å². The van der Waals surface area contributed by atoms with Crippen molar-refractivity contribution >= 4 is 22.8 Å². The normalized spacial score (nSPS) is 18.7. The van der Waals surface area contributed by atoms with Crippen LogP contribution in [0.2, 0.25) is 0 Å². The lowest BCUT2D eigenvalue weighted by atomic mass is 9.93. The van der Waals surface area contributed by atoms with Crippen LogP contribution >= 0.6 is 0 Å². The highest BCUT2D eigenvalue weighted by Gasteiger charge is 2.27. The molecule has 0 spiro atoms. The quantitative estimate of drug-likeness (QED) is 0.918. The Balaban J connectivity index is 1.95. The van der Waals surface area contributed by atoms with Gasteiger partial charge in [-0.15, -0.1) is 0 Å². The van der Waals surface area contributed by atoms with E-state index in [1.165, 1.54) is 0 Å². The van der Waals surface area contributed by atoms with Crippen LogP contribution in [0.1, 0.15) is 52.3 Å². The molecule has 1 saturated heterocycles. The highest BCUT2D eigenvalue weighted by molar-refractivity contribution is 5.87. The molecular weight excluding hydrogens is 316 g/mol. The summed E-state index contributed by atoms with van der Waals surface area (Å²) in [5.41, 5.74) is 6.06. The third-order valence-corrected chi connectivity index (χ3v) is 4.86. The van der Waals surface area contributed by atoms with E-state index in [1.54, 1.807) is 0 Å². The fraction of sp³-hybridized carbons (Fsp3) is 0.667. The van der Waals surface area contributed by atoms with E-state index in [1.807, 2.05) is 17.9 Å². The predicted molar refractivity (Wildman–Crippen MR) is 98.4 cm³/mol. The summed E-state index contributed by atoms with van der Waals surface area (Å²) in [6.07, 6.45) is 5.39. The number of hydrogen-bond donors (Lipinski definition) is 1. The van der Waals surface area contributed by atoms with E-state index < -0.39 is 0 Å². The fourth-order valence-corrected chi connectivity index (χ4v) is 3.42. The second-order valence-corrected chi connectivity index (χ2v) is 8.09. The van der Waals surface area contributed by atoms with Gasteiger partial charge >= 0.3 is 0 Å². The topological polar surface area (TPSA) is 89.9 Å². The predicted octanol–water partition coefficient (Wildman–Crippen LogP) is 2.14. The molecule has 2 N–H and O–H groups in total. The van der Waals surface area contributed by atoms with Crippen LogP contribution in [0.3, 0.4) is 0 Å². The molecule has 0 radical (unpaired) electrons. The van der Waals surface area contributed by atoms with Gasteiger partial charge in [0.1, 0.15) is 11.6 Å². The molecule has 0 unspecified atom stereocenters. The number of amides is 1. The van der Waals surface area contributed by atoms with Gasteiger partial charge in [0.2, 0.25) is 5.91 Å². The lowest BCUT2D eigenvalue weighted by Crippen LogP contribution is -2.37. The SMILES string of the molecule is Cn1ncc2c(N3CCC[C@@H](CCC(N)=O)C3)nc(C(C)(C)C)nc21. The molecule has 2 aromatic heterocycles. The lowest BCUT2D eigenvalue weighted by molar-refractivity contribution is -0.118. The Kier molecular flexibility index (Phi) is 4.67. The maximum absolute atomic E-state index is 11.1. The van der Waals surface area contributed by atoms with Crippen LogP contribution < -0.4 is 10.6 Å². The Hall–Kier alpha value is -2.18. The van der Waals surface area contributed by atoms with Gasteiger partial charge in [-0.1, -0.05) is 20.8 Å². The zero-order valence-corrected chi connectivity index (χ0v) is 15.6. The minimum atomic E-state index is -0.219. The van der Waals surface area contributed by atoms with Gasteiger partial charge in [0.15, 0.2) is 5.65 Å². The molecular formula is C18H28N6O. The van der Waals surface area contributed by atoms with Crippen LogP contribution in [0, 0.1) is 5.92 Å². The molecule has 7 heteroatoms. The first kappa shape index (κ1) is 17.6. The van der Waals surface area contributed by atoms with Crippen LogP contribution in [0.5, 0.6) is 0 Å². The Labute approximate surface area is 148 Å². The molecule has 1 fully saturated rings. The molecule has 7 nitrogen and oxygen atoms in total. The maximum atomic E-state index is 11.1. The molecule has 25 heavy (non-hydrogen) atoms. The van der Waals surface area contributed by atoms with E-state index in [9.17, 15) is 4.79 Å². The van der Waals surface area contributed by atoms with Gasteiger partial charge in [0.25, 0.3) is 0 Å². The van der Waals surface area contributed by atoms with Crippen LogP contribution in [0.4, 0.5) is 5.82 Å². The lowest BCUT2D eigenvalue weighted by Gasteiger charge is -2.34. The molecule has 2 aromatic rings. The van der Waals surface area contributed by atoms with E-state index in [4.69, 9.17) is 15.7 Å². The molecule has 0 aliphatic carbocycles. The number of nitrogens with two attached hydrogens (primary N) is 1. The number of aryl methyl sites for hydroxylation is 1. The van der Waals surface area contributed by atoms with Gasteiger partial charge in [0.05, 0.1) is 11.6 Å². The molecule has 3 rings (SSSR count). The van der Waals surface area contributed by atoms with Crippen LogP contribution in [0.15, 0.2) is 6.20 Å². The maximum Gasteiger partial charge on any atom is 0.217 e. The minimum Gasteiger partial charge on any atom is -0.370 e. The summed E-state index contributed by atoms with van der Waals surface area (Å²) in [7, 11) is 1.91. The summed E-state index contributed by atoms with van der Waals surface area (Å²) in [5.74, 6) is 2.05. The number of fused-ring (bicyclic) bond motifs is 1. The van der Waals surface area contributed by atoms with E-state index in [2.05, 4.69) is 30.8 Å². The molecule has 1 aliphatic rings. The summed E-state index contributed by atoms with van der Waals surface area (Å²) in [6, 6.07) is 0. The Morgan fingerprint density at radius 3 is 2.80 bits per heavy atom. The average Bonchev–Trinajstić information content (AvgIpc) is 2.93. The number of aromatic nitrogens is 4. The number of nitrogens with zero attached hydrogens (tertiary/aromatic N) is 5. The van der Waals surface area contributed by atoms with Crippen molar-refractivity contribution in [2.24, 2.45) is 18.7 Å². The number of anilines is 1. The smallest absolute Gasteiger partial charge is 0.217 e. The van der Waals surface area contributed by atoms with Crippen LogP contribution in [-0.4, -0.2) is 38.7 Å². The van der Waals surface area contributed by atoms with Crippen molar-refractivity contribution in [3.63, 3.8) is 0 Å². The van der Waals surface area contributed by atoms with E-state index in [0.29, 0.717) is 12.3 Å². The average molecular weight is 344 g/mol. The Bertz CT molecular complexity index is 776. The largest absolute Gasteiger partial charge is 0.370 e. The van der Waals surface area contributed by atoms with Gasteiger partial charge in [0, 0.05) is 32.0 Å². The monoisotopic (exact) mass is 344 g/mol. The molecule has 0 bridgehead atoms. The number of primary amides is 1. The second kappa shape index (κ2) is 6.61. The molecule has 3 heterocycles. The summed E-state index contributed by atoms with van der Waals surface area (Å²) in [5, 5.41) is 5.37. The Morgan fingerprint density at radius 1 is 1.36 bits per heavy atom. The minimum absolute atomic E-state index is 0.131. The van der Waals surface area contributed by atoms with Crippen LogP contribution in [-0.2, 0) is 17.3 Å². The second-order valence-electron chi connectivity index (χ2n) is 8.09. The number of carbonyl (C=O) groups is 1. The molecule has 0 saturated carbocycles. The summed E-state index contributed by atoms with van der Waals surface area (Å²) < 4.78 is 1.81. The first-order valence-corrected chi connectivity index (χ1v) is 8.99. The number of rotatable bonds is 4. The third-order valence-electron chi connectivity index (χ3n) is 4.86. The molecule has 1 aliphatic heterocycles. The van der Waals surface area contributed by atoms with Gasteiger partial charge in [-0.2, -0.15) is 5.10 Å². The first-order valence-electron chi connectivity index (χ1n) is 8.99. The molecule has 1 atom stereocenters. The fourth-order valence-electron chi connectivity index (χ4n) is 3.42. The van der Waals surface area contributed by atoms with Gasteiger partial charge in [-0.25, -0.2) is 9.97 Å². The summed E-state index contributed by atoms with van der Waals surface area (Å²) >= 11 is 0. The number of carbonyl (C=O) groups excluding carboxylic acids is 1. The zero-order chi connectivity index (χ0) is 18.2. The van der Waals surface area contributed by atoms with Crippen molar-refractivity contribution in [1.82, 2.24) is 19.7 Å². The molecule has 136 valence electrons. The third kappa shape index (κ3) is 3.75. The van der Waals surface area contributed by atoms with E-state index >= 15 is 0 Å². The first-order chi connectivity index (χ1) is 11.8. The Morgan fingerprint density at radius 2 is 2.12 bits per heavy atom. The number of hydrogen-bond acceptors (Lipinski definition) is 5. The zero-order valence-electron chi connectivity index (χ0n) is 15.6. The highest BCUT2D eigenvalue weighted by atomic mass is 16.1. The van der Waals surface area contributed by atoms with E-state index in [0.717, 1.165) is 55.0 Å². The van der Waals surface area contributed by atoms with Gasteiger partial charge in [-0.3, -0.25) is 9.48 Å². The van der Waals surface area contributed by atoms with Crippen molar-refractivity contribution in [3.05, 3.63) is 12.0 Å². The van der Waals surface area contributed by atoms with Crippen molar-refractivity contribution in [2.75, 3.05) is 18.0 Å². The highest BCUT2D eigenvalue weighted by Crippen LogP contribution is 2.31. The molecule has 0 aromatic carbocycles. The summed E-state index contributed by atoms with van der Waals surface area (Å²) in [4.78, 5) is 23.1. The van der Waals surface area contributed by atoms with Gasteiger partial charge < -0.3 is 10.6 Å². The number of piperidine rings is 1.